The SMILES string of the molecule is NCOC[C@H]1O[C@@H](n2cc(CC(=O)O)c(=O)[nH]c2=O)[C@H](O)[C@@H]1O. The fraction of sp³-hybridized carbons (Fsp3) is 0.583. The number of aromatic amines is 1. The average Bonchev–Trinajstić information content (AvgIpc) is 2.75. The normalized spacial score (nSPS) is 27.3. The van der Waals surface area contributed by atoms with Crippen LogP contribution in [0.25, 0.3) is 0 Å². The Kier molecular flexibility index (Phi) is 5.28. The molecule has 1 saturated heterocycles. The summed E-state index contributed by atoms with van der Waals surface area (Å²) in [6.07, 6.45) is -4.66. The van der Waals surface area contributed by atoms with Gasteiger partial charge in [-0.1, -0.05) is 0 Å². The fourth-order valence-corrected chi connectivity index (χ4v) is 2.29. The summed E-state index contributed by atoms with van der Waals surface area (Å²) in [5, 5.41) is 28.7. The Morgan fingerprint density at radius 2 is 2.09 bits per heavy atom. The Morgan fingerprint density at radius 1 is 1.39 bits per heavy atom. The topological polar surface area (TPSA) is 177 Å². The number of aliphatic hydroxyl groups excluding tert-OH is 2. The van der Waals surface area contributed by atoms with Crippen LogP contribution < -0.4 is 17.0 Å². The average molecular weight is 331 g/mol. The number of carboxylic acid groups (broad SMARTS) is 1. The van der Waals surface area contributed by atoms with Gasteiger partial charge in [-0.15, -0.1) is 0 Å². The summed E-state index contributed by atoms with van der Waals surface area (Å²) in [7, 11) is 0. The lowest BCUT2D eigenvalue weighted by atomic mass is 10.1. The van der Waals surface area contributed by atoms with Crippen LogP contribution in [0, 0.1) is 0 Å². The second kappa shape index (κ2) is 7.02. The molecule has 2 heterocycles. The molecule has 0 aromatic carbocycles. The van der Waals surface area contributed by atoms with Crippen LogP contribution in [0.3, 0.4) is 0 Å². The molecule has 0 amide bonds. The maximum atomic E-state index is 11.9. The van der Waals surface area contributed by atoms with Crippen molar-refractivity contribution in [1.29, 1.82) is 0 Å². The highest BCUT2D eigenvalue weighted by Crippen LogP contribution is 2.28. The van der Waals surface area contributed by atoms with E-state index in [1.165, 1.54) is 0 Å². The highest BCUT2D eigenvalue weighted by Gasteiger charge is 2.44. The Morgan fingerprint density at radius 3 is 2.70 bits per heavy atom. The van der Waals surface area contributed by atoms with Crippen molar-refractivity contribution in [2.75, 3.05) is 13.3 Å². The molecule has 0 spiro atoms. The van der Waals surface area contributed by atoms with E-state index >= 15 is 0 Å². The van der Waals surface area contributed by atoms with E-state index in [0.29, 0.717) is 0 Å². The number of nitrogens with one attached hydrogen (secondary N) is 1. The molecular weight excluding hydrogens is 314 g/mol. The van der Waals surface area contributed by atoms with E-state index in [4.69, 9.17) is 20.3 Å². The van der Waals surface area contributed by atoms with Crippen molar-refractivity contribution in [3.8, 4) is 0 Å². The highest BCUT2D eigenvalue weighted by atomic mass is 16.6. The van der Waals surface area contributed by atoms with Gasteiger partial charge in [0.05, 0.1) is 19.8 Å². The lowest BCUT2D eigenvalue weighted by Gasteiger charge is -2.17. The van der Waals surface area contributed by atoms with Crippen molar-refractivity contribution in [3.05, 3.63) is 32.6 Å². The van der Waals surface area contributed by atoms with Crippen LogP contribution in [0.4, 0.5) is 0 Å². The smallest absolute Gasteiger partial charge is 0.330 e. The summed E-state index contributed by atoms with van der Waals surface area (Å²) in [4.78, 5) is 36.1. The molecule has 6 N–H and O–H groups in total. The molecular formula is C12H17N3O8. The minimum atomic E-state index is -1.47. The van der Waals surface area contributed by atoms with Crippen LogP contribution in [0.5, 0.6) is 0 Å². The van der Waals surface area contributed by atoms with E-state index in [9.17, 15) is 24.6 Å². The molecule has 1 aliphatic heterocycles. The molecule has 1 fully saturated rings. The maximum absolute atomic E-state index is 11.9. The van der Waals surface area contributed by atoms with Gasteiger partial charge in [-0.25, -0.2) is 4.79 Å². The van der Waals surface area contributed by atoms with Crippen LogP contribution >= 0.6 is 0 Å². The number of hydrogen-bond acceptors (Lipinski definition) is 8. The highest BCUT2D eigenvalue weighted by molar-refractivity contribution is 5.69. The third kappa shape index (κ3) is 3.65. The Hall–Kier alpha value is -2.05. The van der Waals surface area contributed by atoms with Crippen LogP contribution in [-0.4, -0.2) is 62.5 Å². The number of nitrogens with two attached hydrogens (primary N) is 1. The standard InChI is InChI=1S/C12H17N3O8/c13-4-22-3-6-8(18)9(19)11(23-6)15-2-5(1-7(16)17)10(20)14-12(15)21/h2,6,8-9,11,18-19H,1,3-4,13H2,(H,16,17)(H,14,20,21)/t6-,8-,9-,11-/m1/s1. The van der Waals surface area contributed by atoms with Gasteiger partial charge in [0.2, 0.25) is 0 Å². The van der Waals surface area contributed by atoms with Gasteiger partial charge >= 0.3 is 11.7 Å². The molecule has 128 valence electrons. The monoisotopic (exact) mass is 331 g/mol. The van der Waals surface area contributed by atoms with Gasteiger partial charge < -0.3 is 30.5 Å². The molecule has 11 heteroatoms. The molecule has 1 aliphatic rings. The van der Waals surface area contributed by atoms with E-state index in [2.05, 4.69) is 0 Å². The van der Waals surface area contributed by atoms with Crippen molar-refractivity contribution < 1.29 is 29.6 Å². The van der Waals surface area contributed by atoms with Crippen LogP contribution in [0.1, 0.15) is 11.8 Å². The van der Waals surface area contributed by atoms with E-state index in [0.717, 1.165) is 10.8 Å². The van der Waals surface area contributed by atoms with Gasteiger partial charge in [-0.05, 0) is 0 Å². The quantitative estimate of drug-likeness (QED) is 0.334. The number of carbonyl (C=O) groups is 1. The number of aromatic nitrogens is 2. The molecule has 0 bridgehead atoms. The van der Waals surface area contributed by atoms with Crippen molar-refractivity contribution in [2.24, 2.45) is 5.73 Å². The van der Waals surface area contributed by atoms with Gasteiger partial charge in [0.15, 0.2) is 6.23 Å². The molecule has 4 atom stereocenters. The molecule has 1 aromatic rings. The third-order valence-electron chi connectivity index (χ3n) is 3.39. The number of H-pyrrole nitrogens is 1. The summed E-state index contributed by atoms with van der Waals surface area (Å²) in [6, 6.07) is 0. The zero-order chi connectivity index (χ0) is 17.1. The number of hydrogen-bond donors (Lipinski definition) is 5. The summed E-state index contributed by atoms with van der Waals surface area (Å²) < 4.78 is 11.1. The van der Waals surface area contributed by atoms with Gasteiger partial charge in [-0.2, -0.15) is 0 Å². The number of nitrogens with zero attached hydrogens (tertiary/aromatic N) is 1. The number of aliphatic hydroxyl groups is 2. The van der Waals surface area contributed by atoms with Crippen LogP contribution in [0.2, 0.25) is 0 Å². The van der Waals surface area contributed by atoms with Crippen molar-refractivity contribution in [3.63, 3.8) is 0 Å². The van der Waals surface area contributed by atoms with E-state index in [-0.39, 0.29) is 18.9 Å². The second-order valence-corrected chi connectivity index (χ2v) is 4.98. The molecule has 2 rings (SSSR count). The summed E-state index contributed by atoms with van der Waals surface area (Å²) in [5.74, 6) is -1.26. The predicted molar refractivity (Wildman–Crippen MR) is 73.6 cm³/mol. The molecule has 0 radical (unpaired) electrons. The number of rotatable bonds is 6. The molecule has 0 saturated carbocycles. The number of carboxylic acids is 1. The first kappa shape index (κ1) is 17.3. The summed E-state index contributed by atoms with van der Waals surface area (Å²) in [5.41, 5.74) is 3.23. The zero-order valence-corrected chi connectivity index (χ0v) is 11.9. The van der Waals surface area contributed by atoms with Gasteiger partial charge in [-0.3, -0.25) is 19.1 Å². The summed E-state index contributed by atoms with van der Waals surface area (Å²) >= 11 is 0. The first-order valence-corrected chi connectivity index (χ1v) is 6.70. The van der Waals surface area contributed by atoms with E-state index in [1.54, 1.807) is 0 Å². The van der Waals surface area contributed by atoms with Gasteiger partial charge in [0.25, 0.3) is 5.56 Å². The molecule has 0 aliphatic carbocycles. The third-order valence-corrected chi connectivity index (χ3v) is 3.39. The maximum Gasteiger partial charge on any atom is 0.330 e. The molecule has 0 unspecified atom stereocenters. The predicted octanol–water partition coefficient (Wildman–Crippen LogP) is -3.28. The first-order valence-electron chi connectivity index (χ1n) is 6.70. The van der Waals surface area contributed by atoms with Crippen molar-refractivity contribution in [2.45, 2.75) is 31.0 Å². The lowest BCUT2D eigenvalue weighted by Crippen LogP contribution is -2.39. The Balaban J connectivity index is 2.32. The second-order valence-electron chi connectivity index (χ2n) is 4.98. The molecule has 23 heavy (non-hydrogen) atoms. The largest absolute Gasteiger partial charge is 0.481 e. The van der Waals surface area contributed by atoms with E-state index in [1.807, 2.05) is 4.98 Å². The first-order chi connectivity index (χ1) is 10.8. The minimum Gasteiger partial charge on any atom is -0.481 e. The van der Waals surface area contributed by atoms with Crippen molar-refractivity contribution in [1.82, 2.24) is 9.55 Å². The molecule has 1 aromatic heterocycles. The van der Waals surface area contributed by atoms with Crippen LogP contribution in [0.15, 0.2) is 15.8 Å². The van der Waals surface area contributed by atoms with Crippen molar-refractivity contribution >= 4 is 5.97 Å². The summed E-state index contributed by atoms with van der Waals surface area (Å²) in [6.45, 7) is -0.222. The Bertz CT molecular complexity index is 684. The lowest BCUT2D eigenvalue weighted by molar-refractivity contribution is -0.136. The number of ether oxygens (including phenoxy) is 2. The van der Waals surface area contributed by atoms with Crippen LogP contribution in [-0.2, 0) is 20.7 Å². The van der Waals surface area contributed by atoms with Gasteiger partial charge in [0.1, 0.15) is 18.3 Å². The zero-order valence-electron chi connectivity index (χ0n) is 11.9. The Labute approximate surface area is 128 Å². The number of aliphatic carboxylic acids is 1. The fourth-order valence-electron chi connectivity index (χ4n) is 2.29. The van der Waals surface area contributed by atoms with E-state index < -0.39 is 48.2 Å². The minimum absolute atomic E-state index is 0.106. The molecule has 11 nitrogen and oxygen atoms in total. The van der Waals surface area contributed by atoms with Gasteiger partial charge in [0, 0.05) is 11.8 Å².